The number of nitrogens with two attached hydrogens (primary N) is 3. The van der Waals surface area contributed by atoms with Gasteiger partial charge >= 0.3 is 0 Å². The van der Waals surface area contributed by atoms with E-state index in [-0.39, 0.29) is 6.42 Å². The van der Waals surface area contributed by atoms with Crippen molar-refractivity contribution in [1.29, 1.82) is 0 Å². The van der Waals surface area contributed by atoms with Crippen LogP contribution >= 0.6 is 0 Å². The number of rotatable bonds is 9. The molecule has 0 bridgehead atoms. The molecule has 0 unspecified atom stereocenters. The van der Waals surface area contributed by atoms with Crippen LogP contribution in [0.15, 0.2) is 30.3 Å². The van der Waals surface area contributed by atoms with Gasteiger partial charge < -0.3 is 17.2 Å². The van der Waals surface area contributed by atoms with E-state index in [0.717, 1.165) is 5.56 Å². The third-order valence-electron chi connectivity index (χ3n) is 2.89. The third-order valence-corrected chi connectivity index (χ3v) is 2.89. The number of hydrogen-bond donors (Lipinski definition) is 4. The Bertz CT molecular complexity index is 434. The van der Waals surface area contributed by atoms with Crippen LogP contribution in [0.1, 0.15) is 18.4 Å². The monoisotopic (exact) mass is 278 g/mol. The zero-order valence-corrected chi connectivity index (χ0v) is 11.4. The van der Waals surface area contributed by atoms with Gasteiger partial charge in [0.1, 0.15) is 6.29 Å². The summed E-state index contributed by atoms with van der Waals surface area (Å²) in [6.45, 7) is 0.561. The first-order valence-corrected chi connectivity index (χ1v) is 6.62. The normalized spacial score (nSPS) is 12.4. The summed E-state index contributed by atoms with van der Waals surface area (Å²) >= 11 is 0. The van der Waals surface area contributed by atoms with Crippen molar-refractivity contribution in [3.63, 3.8) is 0 Å². The van der Waals surface area contributed by atoms with E-state index in [4.69, 9.17) is 17.2 Å². The maximum Gasteiger partial charge on any atom is 0.215 e. The van der Waals surface area contributed by atoms with Crippen LogP contribution in [0.5, 0.6) is 0 Å². The van der Waals surface area contributed by atoms with E-state index in [1.807, 2.05) is 30.3 Å². The average molecular weight is 278 g/mol. The summed E-state index contributed by atoms with van der Waals surface area (Å²) in [5, 5.41) is 2.81. The van der Waals surface area contributed by atoms with Gasteiger partial charge in [0.15, 0.2) is 0 Å². The quantitative estimate of drug-likeness (QED) is 0.268. The van der Waals surface area contributed by atoms with Gasteiger partial charge in [0.2, 0.25) is 11.6 Å². The van der Waals surface area contributed by atoms with Crippen LogP contribution < -0.4 is 22.5 Å². The number of carbonyl (C=O) groups is 2. The second-order valence-corrected chi connectivity index (χ2v) is 4.68. The Balaban J connectivity index is 2.34. The molecule has 0 heterocycles. The largest absolute Gasteiger partial charge is 0.321 e. The zero-order chi connectivity index (χ0) is 15.0. The number of benzene rings is 1. The molecule has 0 spiro atoms. The van der Waals surface area contributed by atoms with Crippen LogP contribution in [-0.2, 0) is 16.0 Å². The van der Waals surface area contributed by atoms with Crippen molar-refractivity contribution < 1.29 is 9.59 Å². The average Bonchev–Trinajstić information content (AvgIpc) is 2.43. The van der Waals surface area contributed by atoms with Gasteiger partial charge in [-0.1, -0.05) is 30.3 Å². The van der Waals surface area contributed by atoms with Crippen molar-refractivity contribution in [3.8, 4) is 0 Å². The summed E-state index contributed by atoms with van der Waals surface area (Å²) in [5.74, 6) is -0.974. The highest BCUT2D eigenvalue weighted by Gasteiger charge is 2.21. The van der Waals surface area contributed by atoms with Gasteiger partial charge in [-0.3, -0.25) is 14.9 Å². The molecule has 1 aromatic carbocycles. The first kappa shape index (κ1) is 16.5. The molecule has 0 aliphatic heterocycles. The maximum atomic E-state index is 11.8. The van der Waals surface area contributed by atoms with Gasteiger partial charge in [0, 0.05) is 6.42 Å². The SMILES string of the molecule is NC(N)NCCC[C@H](N)C(=O)C(=O)Cc1ccccc1. The van der Waals surface area contributed by atoms with Crippen molar-refractivity contribution >= 4 is 11.6 Å². The molecule has 0 radical (unpaired) electrons. The summed E-state index contributed by atoms with van der Waals surface area (Å²) in [6.07, 6.45) is 0.580. The topological polar surface area (TPSA) is 124 Å². The summed E-state index contributed by atoms with van der Waals surface area (Å²) in [6, 6.07) is 8.37. The minimum Gasteiger partial charge on any atom is -0.321 e. The molecule has 6 heteroatoms. The van der Waals surface area contributed by atoms with E-state index in [2.05, 4.69) is 5.32 Å². The Labute approximate surface area is 118 Å². The molecule has 1 atom stereocenters. The Morgan fingerprint density at radius 2 is 1.75 bits per heavy atom. The molecule has 1 rings (SSSR count). The van der Waals surface area contributed by atoms with Gasteiger partial charge in [-0.15, -0.1) is 0 Å². The number of ketones is 2. The molecule has 0 aliphatic rings. The molecule has 0 aromatic heterocycles. The van der Waals surface area contributed by atoms with Crippen molar-refractivity contribution in [3.05, 3.63) is 35.9 Å². The second kappa shape index (κ2) is 8.55. The van der Waals surface area contributed by atoms with Gasteiger partial charge in [0.05, 0.1) is 6.04 Å². The lowest BCUT2D eigenvalue weighted by atomic mass is 9.99. The molecule has 0 aliphatic carbocycles. The summed E-state index contributed by atoms with van der Waals surface area (Å²) in [5.41, 5.74) is 17.2. The number of Topliss-reactive ketones (excluding diaryl/α,β-unsaturated/α-hetero) is 2. The van der Waals surface area contributed by atoms with E-state index < -0.39 is 23.9 Å². The van der Waals surface area contributed by atoms with Gasteiger partial charge in [-0.25, -0.2) is 0 Å². The van der Waals surface area contributed by atoms with Crippen molar-refractivity contribution in [2.24, 2.45) is 17.2 Å². The van der Waals surface area contributed by atoms with E-state index in [1.54, 1.807) is 0 Å². The number of carbonyl (C=O) groups excluding carboxylic acids is 2. The molecular weight excluding hydrogens is 256 g/mol. The van der Waals surface area contributed by atoms with Crippen LogP contribution in [-0.4, -0.2) is 30.4 Å². The van der Waals surface area contributed by atoms with E-state index >= 15 is 0 Å². The minimum atomic E-state index is -0.762. The molecule has 20 heavy (non-hydrogen) atoms. The molecular formula is C14H22N4O2. The number of hydrogen-bond acceptors (Lipinski definition) is 6. The lowest BCUT2D eigenvalue weighted by Gasteiger charge is -2.11. The lowest BCUT2D eigenvalue weighted by Crippen LogP contribution is -2.46. The van der Waals surface area contributed by atoms with E-state index in [9.17, 15) is 9.59 Å². The molecule has 0 saturated heterocycles. The predicted octanol–water partition coefficient (Wildman–Crippen LogP) is -0.735. The van der Waals surface area contributed by atoms with Crippen LogP contribution in [0.2, 0.25) is 0 Å². The van der Waals surface area contributed by atoms with E-state index in [1.165, 1.54) is 0 Å². The summed E-state index contributed by atoms with van der Waals surface area (Å²) in [7, 11) is 0. The smallest absolute Gasteiger partial charge is 0.215 e. The van der Waals surface area contributed by atoms with Crippen LogP contribution in [0.25, 0.3) is 0 Å². The van der Waals surface area contributed by atoms with Crippen molar-refractivity contribution in [2.45, 2.75) is 31.6 Å². The summed E-state index contributed by atoms with van der Waals surface area (Å²) < 4.78 is 0. The fourth-order valence-electron chi connectivity index (χ4n) is 1.80. The Morgan fingerprint density at radius 3 is 2.35 bits per heavy atom. The molecule has 7 N–H and O–H groups in total. The fourth-order valence-corrected chi connectivity index (χ4v) is 1.80. The highest BCUT2D eigenvalue weighted by Crippen LogP contribution is 2.03. The third kappa shape index (κ3) is 6.03. The van der Waals surface area contributed by atoms with Crippen molar-refractivity contribution in [2.75, 3.05) is 6.54 Å². The first-order valence-electron chi connectivity index (χ1n) is 6.62. The molecule has 110 valence electrons. The molecule has 1 aromatic rings. The van der Waals surface area contributed by atoms with Crippen LogP contribution in [0.3, 0.4) is 0 Å². The summed E-state index contributed by atoms with van der Waals surface area (Å²) in [4.78, 5) is 23.6. The molecule has 0 fully saturated rings. The Kier molecular flexibility index (Phi) is 7.03. The van der Waals surface area contributed by atoms with E-state index in [0.29, 0.717) is 19.4 Å². The Hall–Kier alpha value is -1.60. The first-order chi connectivity index (χ1) is 9.50. The van der Waals surface area contributed by atoms with Gasteiger partial charge in [-0.2, -0.15) is 0 Å². The second-order valence-electron chi connectivity index (χ2n) is 4.68. The highest BCUT2D eigenvalue weighted by atomic mass is 16.2. The van der Waals surface area contributed by atoms with Gasteiger partial charge in [-0.05, 0) is 24.9 Å². The van der Waals surface area contributed by atoms with Crippen LogP contribution in [0.4, 0.5) is 0 Å². The standard InChI is InChI=1S/C14H22N4O2/c15-11(7-4-8-18-14(16)17)13(20)12(19)9-10-5-2-1-3-6-10/h1-3,5-6,11,14,18H,4,7-9,15-17H2/t11-/m0/s1. The predicted molar refractivity (Wildman–Crippen MR) is 77.5 cm³/mol. The van der Waals surface area contributed by atoms with Crippen molar-refractivity contribution in [1.82, 2.24) is 5.32 Å². The maximum absolute atomic E-state index is 11.8. The zero-order valence-electron chi connectivity index (χ0n) is 11.4. The highest BCUT2D eigenvalue weighted by molar-refractivity contribution is 6.39. The minimum absolute atomic E-state index is 0.0965. The fraction of sp³-hybridized carbons (Fsp3) is 0.429. The van der Waals surface area contributed by atoms with Gasteiger partial charge in [0.25, 0.3) is 0 Å². The molecule has 0 saturated carbocycles. The van der Waals surface area contributed by atoms with Crippen LogP contribution in [0, 0.1) is 0 Å². The molecule has 0 amide bonds. The Morgan fingerprint density at radius 1 is 1.10 bits per heavy atom. The number of nitrogens with one attached hydrogen (secondary N) is 1. The lowest BCUT2D eigenvalue weighted by molar-refractivity contribution is -0.137. The molecule has 6 nitrogen and oxygen atoms in total.